The summed E-state index contributed by atoms with van der Waals surface area (Å²) in [5.74, 6) is -0.206. The SMILES string of the molecule is CCCC/C=C\C/C=C\CCCCCCCC(=O)NC(COP(=O)(O)OCC[N+](C)(C)C)C(O)/C=C/CC/C=C/CC/C=C/CCCCCCCCCCCCCCCCCCCCCC. The number of hydrogen-bond donors (Lipinski definition) is 3. The van der Waals surface area contributed by atoms with Gasteiger partial charge in [0.2, 0.25) is 5.91 Å². The zero-order valence-corrected chi connectivity index (χ0v) is 44.8. The van der Waals surface area contributed by atoms with E-state index in [0.717, 1.165) is 70.6 Å². The van der Waals surface area contributed by atoms with Gasteiger partial charge in [-0.2, -0.15) is 0 Å². The molecule has 0 saturated carbocycles. The molecule has 0 aliphatic carbocycles. The number of carbonyl (C=O) groups is 1. The molecule has 3 N–H and O–H groups in total. The van der Waals surface area contributed by atoms with Crippen molar-refractivity contribution in [3.8, 4) is 0 Å². The van der Waals surface area contributed by atoms with Crippen LogP contribution in [0.25, 0.3) is 0 Å². The smallest absolute Gasteiger partial charge is 0.387 e. The zero-order chi connectivity index (χ0) is 48.5. The van der Waals surface area contributed by atoms with E-state index in [1.165, 1.54) is 154 Å². The number of hydrogen-bond acceptors (Lipinski definition) is 5. The van der Waals surface area contributed by atoms with Crippen LogP contribution < -0.4 is 5.32 Å². The van der Waals surface area contributed by atoms with E-state index >= 15 is 0 Å². The predicted octanol–water partition coefficient (Wildman–Crippen LogP) is 16.5. The van der Waals surface area contributed by atoms with Crippen LogP contribution in [0.4, 0.5) is 0 Å². The summed E-state index contributed by atoms with van der Waals surface area (Å²) in [7, 11) is 1.53. The van der Waals surface area contributed by atoms with Gasteiger partial charge in [0.1, 0.15) is 13.2 Å². The quantitative estimate of drug-likeness (QED) is 0.0243. The fourth-order valence-electron chi connectivity index (χ4n) is 7.80. The lowest BCUT2D eigenvalue weighted by atomic mass is 10.0. The highest BCUT2D eigenvalue weighted by Gasteiger charge is 2.27. The van der Waals surface area contributed by atoms with Gasteiger partial charge in [0.25, 0.3) is 0 Å². The van der Waals surface area contributed by atoms with E-state index < -0.39 is 20.0 Å². The Bertz CT molecular complexity index is 1260. The molecule has 66 heavy (non-hydrogen) atoms. The molecule has 0 aliphatic heterocycles. The van der Waals surface area contributed by atoms with Gasteiger partial charge in [-0.1, -0.05) is 229 Å². The van der Waals surface area contributed by atoms with Crippen molar-refractivity contribution < 1.29 is 32.9 Å². The fraction of sp³-hybridized carbons (Fsp3) is 0.807. The number of aliphatic hydroxyl groups excluding tert-OH is 1. The van der Waals surface area contributed by atoms with Gasteiger partial charge in [-0.15, -0.1) is 0 Å². The van der Waals surface area contributed by atoms with Crippen LogP contribution >= 0.6 is 7.82 Å². The molecule has 0 radical (unpaired) electrons. The summed E-state index contributed by atoms with van der Waals surface area (Å²) < 4.78 is 23.6. The second kappa shape index (κ2) is 48.2. The maximum Gasteiger partial charge on any atom is 0.472 e. The number of carbonyl (C=O) groups excluding carboxylic acids is 1. The second-order valence-corrected chi connectivity index (χ2v) is 21.4. The molecule has 0 saturated heterocycles. The average molecular weight is 948 g/mol. The van der Waals surface area contributed by atoms with Crippen LogP contribution in [0, 0.1) is 0 Å². The number of quaternary nitrogens is 1. The Balaban J connectivity index is 4.24. The van der Waals surface area contributed by atoms with Crippen LogP contribution in [0.2, 0.25) is 0 Å². The molecule has 1 amide bonds. The van der Waals surface area contributed by atoms with E-state index in [0.29, 0.717) is 17.4 Å². The molecule has 0 aromatic heterocycles. The number of phosphoric ester groups is 1. The van der Waals surface area contributed by atoms with Gasteiger partial charge in [0, 0.05) is 6.42 Å². The fourth-order valence-corrected chi connectivity index (χ4v) is 8.53. The molecule has 9 heteroatoms. The molecule has 0 aliphatic rings. The van der Waals surface area contributed by atoms with Crippen molar-refractivity contribution >= 4 is 13.7 Å². The highest BCUT2D eigenvalue weighted by molar-refractivity contribution is 7.47. The normalized spacial score (nSPS) is 14.5. The first kappa shape index (κ1) is 64.2. The maximum absolute atomic E-state index is 12.9. The molecular formula is C57H108N2O6P+. The second-order valence-electron chi connectivity index (χ2n) is 19.9. The molecule has 0 spiro atoms. The summed E-state index contributed by atoms with van der Waals surface area (Å²) >= 11 is 0. The molecule has 0 bridgehead atoms. The Labute approximate surface area is 409 Å². The summed E-state index contributed by atoms with van der Waals surface area (Å²) in [6, 6.07) is -0.879. The maximum atomic E-state index is 12.9. The highest BCUT2D eigenvalue weighted by atomic mass is 31.2. The third kappa shape index (κ3) is 50.1. The van der Waals surface area contributed by atoms with Gasteiger partial charge in [-0.05, 0) is 70.6 Å². The largest absolute Gasteiger partial charge is 0.472 e. The van der Waals surface area contributed by atoms with E-state index in [2.05, 4.69) is 67.8 Å². The summed E-state index contributed by atoms with van der Waals surface area (Å²) in [6.45, 7) is 4.74. The number of aliphatic hydroxyl groups is 1. The summed E-state index contributed by atoms with van der Waals surface area (Å²) in [4.78, 5) is 23.2. The Hall–Kier alpha value is -1.80. The minimum Gasteiger partial charge on any atom is -0.387 e. The van der Waals surface area contributed by atoms with E-state index in [4.69, 9.17) is 9.05 Å². The Kier molecular flexibility index (Phi) is 46.9. The monoisotopic (exact) mass is 948 g/mol. The van der Waals surface area contributed by atoms with Crippen molar-refractivity contribution in [2.24, 2.45) is 0 Å². The van der Waals surface area contributed by atoms with E-state index in [-0.39, 0.29) is 19.1 Å². The minimum atomic E-state index is -4.36. The van der Waals surface area contributed by atoms with Crippen molar-refractivity contribution in [3.05, 3.63) is 60.8 Å². The number of allylic oxidation sites excluding steroid dienone is 9. The number of unbranched alkanes of at least 4 members (excludes halogenated alkanes) is 29. The van der Waals surface area contributed by atoms with Crippen LogP contribution in [0.15, 0.2) is 60.8 Å². The Morgan fingerprint density at radius 2 is 0.894 bits per heavy atom. The van der Waals surface area contributed by atoms with Crippen LogP contribution in [-0.4, -0.2) is 73.4 Å². The molecule has 0 aromatic rings. The van der Waals surface area contributed by atoms with Crippen LogP contribution in [-0.2, 0) is 18.4 Å². The van der Waals surface area contributed by atoms with Crippen molar-refractivity contribution in [1.29, 1.82) is 0 Å². The number of amides is 1. The topological polar surface area (TPSA) is 105 Å². The van der Waals surface area contributed by atoms with Crippen LogP contribution in [0.5, 0.6) is 0 Å². The zero-order valence-electron chi connectivity index (χ0n) is 43.9. The predicted molar refractivity (Wildman–Crippen MR) is 286 cm³/mol. The first-order valence-corrected chi connectivity index (χ1v) is 29.2. The van der Waals surface area contributed by atoms with E-state index in [9.17, 15) is 19.4 Å². The summed E-state index contributed by atoms with van der Waals surface area (Å²) in [6.07, 6.45) is 64.8. The lowest BCUT2D eigenvalue weighted by Gasteiger charge is -2.25. The third-order valence-corrected chi connectivity index (χ3v) is 13.2. The molecular weight excluding hydrogens is 840 g/mol. The van der Waals surface area contributed by atoms with Gasteiger partial charge in [0.15, 0.2) is 0 Å². The van der Waals surface area contributed by atoms with Gasteiger partial charge in [-0.3, -0.25) is 13.8 Å². The number of nitrogens with zero attached hydrogens (tertiary/aromatic N) is 1. The third-order valence-electron chi connectivity index (χ3n) is 12.2. The molecule has 8 nitrogen and oxygen atoms in total. The molecule has 0 heterocycles. The lowest BCUT2D eigenvalue weighted by molar-refractivity contribution is -0.870. The Morgan fingerprint density at radius 3 is 1.35 bits per heavy atom. The van der Waals surface area contributed by atoms with Crippen molar-refractivity contribution in [1.82, 2.24) is 5.32 Å². The minimum absolute atomic E-state index is 0.0486. The highest BCUT2D eigenvalue weighted by Crippen LogP contribution is 2.43. The Morgan fingerprint density at radius 1 is 0.515 bits per heavy atom. The number of rotatable bonds is 50. The van der Waals surface area contributed by atoms with E-state index in [1.807, 2.05) is 27.2 Å². The molecule has 3 unspecified atom stereocenters. The molecule has 0 fully saturated rings. The summed E-state index contributed by atoms with van der Waals surface area (Å²) in [5, 5.41) is 13.9. The van der Waals surface area contributed by atoms with Crippen LogP contribution in [0.3, 0.4) is 0 Å². The van der Waals surface area contributed by atoms with Gasteiger partial charge in [0.05, 0.1) is 39.9 Å². The standard InChI is InChI=1S/C57H107N2O6P/c1-6-8-10-12-14-16-18-20-22-23-24-25-26-27-28-29-30-31-32-33-34-35-36-37-38-40-42-44-46-48-50-56(60)55(54-65-66(62,63)64-53-52-59(3,4)5)58-57(61)51-49-47-45-43-41-39-21-19-17-15-13-11-9-7-2/h13,15,19,21,35-36,40,42,48,50,55-56,60H,6-12,14,16-18,20,22-34,37-39,41,43-47,49,51-54H2,1-5H3,(H-,58,61,62,63)/p+1/b15-13-,21-19-,36-35+,42-40+,50-48+. The first-order chi connectivity index (χ1) is 32.0. The van der Waals surface area contributed by atoms with Gasteiger partial charge >= 0.3 is 7.82 Å². The number of nitrogens with one attached hydrogen (secondary N) is 1. The average Bonchev–Trinajstić information content (AvgIpc) is 3.28. The van der Waals surface area contributed by atoms with Gasteiger partial charge < -0.3 is 19.8 Å². The number of likely N-dealkylation sites (N-methyl/N-ethyl adjacent to an activating group) is 1. The molecule has 386 valence electrons. The van der Waals surface area contributed by atoms with Crippen molar-refractivity contribution in [3.63, 3.8) is 0 Å². The molecule has 0 rings (SSSR count). The molecule has 3 atom stereocenters. The van der Waals surface area contributed by atoms with Crippen molar-refractivity contribution in [2.75, 3.05) is 40.9 Å². The molecule has 0 aromatic carbocycles. The van der Waals surface area contributed by atoms with Gasteiger partial charge in [-0.25, -0.2) is 4.57 Å². The number of phosphoric acid groups is 1. The first-order valence-electron chi connectivity index (χ1n) is 27.7. The van der Waals surface area contributed by atoms with Crippen LogP contribution in [0.1, 0.15) is 245 Å². The van der Waals surface area contributed by atoms with E-state index in [1.54, 1.807) is 6.08 Å². The van der Waals surface area contributed by atoms with Crippen molar-refractivity contribution in [2.45, 2.75) is 257 Å². The summed E-state index contributed by atoms with van der Waals surface area (Å²) in [5.41, 5.74) is 0. The lowest BCUT2D eigenvalue weighted by Crippen LogP contribution is -2.45.